The number of aromatic nitrogens is 2. The van der Waals surface area contributed by atoms with E-state index in [1.54, 1.807) is 11.3 Å². The molecule has 2 aliphatic rings. The summed E-state index contributed by atoms with van der Waals surface area (Å²) in [7, 11) is -3.26. The Morgan fingerprint density at radius 2 is 1.06 bits per heavy atom. The van der Waals surface area contributed by atoms with Crippen molar-refractivity contribution < 1.29 is 9.30 Å². The Morgan fingerprint density at radius 3 is 1.79 bits per heavy atom. The monoisotopic (exact) mass is 842 g/mol. The molecule has 0 saturated carbocycles. The van der Waals surface area contributed by atoms with Gasteiger partial charge < -0.3 is 9.30 Å². The quantitative estimate of drug-likeness (QED) is 0.162. The van der Waals surface area contributed by atoms with Crippen molar-refractivity contribution in [3.8, 4) is 45.3 Å². The van der Waals surface area contributed by atoms with Crippen molar-refractivity contribution in [2.75, 3.05) is 0 Å². The molecule has 1 spiro atoms. The molecule has 6 heteroatoms. The van der Waals surface area contributed by atoms with Gasteiger partial charge in [-0.3, -0.25) is 0 Å². The summed E-state index contributed by atoms with van der Waals surface area (Å²) in [5.41, 5.74) is 9.99. The molecular formula is C57H35N2O2PS. The minimum Gasteiger partial charge on any atom is -0.457 e. The van der Waals surface area contributed by atoms with Crippen LogP contribution >= 0.6 is 18.5 Å². The summed E-state index contributed by atoms with van der Waals surface area (Å²) in [5.74, 6) is 2.29. The van der Waals surface area contributed by atoms with E-state index in [1.807, 2.05) is 84.9 Å². The highest BCUT2D eigenvalue weighted by Crippen LogP contribution is 2.63. The summed E-state index contributed by atoms with van der Waals surface area (Å²) in [6.07, 6.45) is 0. The number of para-hydroxylation sites is 2. The van der Waals surface area contributed by atoms with Gasteiger partial charge in [0.1, 0.15) is 11.5 Å². The van der Waals surface area contributed by atoms with Crippen LogP contribution in [0, 0.1) is 0 Å². The van der Waals surface area contributed by atoms with E-state index in [2.05, 4.69) is 127 Å². The highest BCUT2D eigenvalue weighted by atomic mass is 32.1. The Labute approximate surface area is 368 Å². The predicted octanol–water partition coefficient (Wildman–Crippen LogP) is 13.4. The van der Waals surface area contributed by atoms with Gasteiger partial charge in [-0.1, -0.05) is 170 Å². The lowest BCUT2D eigenvalue weighted by Crippen LogP contribution is -2.32. The van der Waals surface area contributed by atoms with E-state index in [0.29, 0.717) is 5.82 Å². The summed E-state index contributed by atoms with van der Waals surface area (Å²) < 4.78 is 24.5. The van der Waals surface area contributed by atoms with Gasteiger partial charge in [0.15, 0.2) is 13.0 Å². The van der Waals surface area contributed by atoms with E-state index >= 15 is 4.57 Å². The first-order valence-corrected chi connectivity index (χ1v) is 23.7. The molecule has 0 fully saturated rings. The van der Waals surface area contributed by atoms with Crippen LogP contribution in [0.25, 0.3) is 64.8 Å². The number of benzene rings is 9. The van der Waals surface area contributed by atoms with E-state index in [4.69, 9.17) is 14.7 Å². The van der Waals surface area contributed by atoms with Crippen LogP contribution in [0.4, 0.5) is 0 Å². The fourth-order valence-corrected chi connectivity index (χ4v) is 14.1. The minimum atomic E-state index is -3.26. The molecule has 9 aromatic carbocycles. The molecule has 13 rings (SSSR count). The first kappa shape index (κ1) is 36.2. The highest BCUT2D eigenvalue weighted by molar-refractivity contribution is 7.85. The lowest BCUT2D eigenvalue weighted by Gasteiger charge is -2.39. The molecule has 0 saturated heterocycles. The van der Waals surface area contributed by atoms with Gasteiger partial charge in [0, 0.05) is 48.3 Å². The normalized spacial score (nSPS) is 13.4. The van der Waals surface area contributed by atoms with Crippen molar-refractivity contribution in [1.29, 1.82) is 0 Å². The Morgan fingerprint density at radius 1 is 0.460 bits per heavy atom. The van der Waals surface area contributed by atoms with Crippen molar-refractivity contribution >= 4 is 65.5 Å². The van der Waals surface area contributed by atoms with Crippen LogP contribution in [0.5, 0.6) is 11.5 Å². The van der Waals surface area contributed by atoms with Gasteiger partial charge in [-0.2, -0.15) is 0 Å². The third-order valence-corrected chi connectivity index (χ3v) is 17.2. The number of ether oxygens (including phenoxy) is 1. The predicted molar refractivity (Wildman–Crippen MR) is 260 cm³/mol. The highest BCUT2D eigenvalue weighted by Gasteiger charge is 2.51. The van der Waals surface area contributed by atoms with Gasteiger partial charge in [0.25, 0.3) is 0 Å². The smallest absolute Gasteiger partial charge is 0.171 e. The molecule has 63 heavy (non-hydrogen) atoms. The van der Waals surface area contributed by atoms with Crippen LogP contribution in [0.15, 0.2) is 212 Å². The van der Waals surface area contributed by atoms with E-state index in [9.17, 15) is 0 Å². The van der Waals surface area contributed by atoms with Crippen LogP contribution in [-0.2, 0) is 9.98 Å². The number of nitrogens with zero attached hydrogens (tertiary/aromatic N) is 2. The zero-order valence-electron chi connectivity index (χ0n) is 33.8. The molecule has 3 heterocycles. The molecule has 0 atom stereocenters. The van der Waals surface area contributed by atoms with E-state index in [0.717, 1.165) is 75.7 Å². The molecule has 4 nitrogen and oxygen atoms in total. The molecule has 0 radical (unpaired) electrons. The van der Waals surface area contributed by atoms with Gasteiger partial charge >= 0.3 is 0 Å². The second-order valence-corrected chi connectivity index (χ2v) is 20.2. The fourth-order valence-electron chi connectivity index (χ4n) is 10.2. The maximum atomic E-state index is 15.6. The lowest BCUT2D eigenvalue weighted by molar-refractivity contribution is 0.436. The fraction of sp³-hybridized carbons (Fsp3) is 0.0175. The van der Waals surface area contributed by atoms with Crippen molar-refractivity contribution in [1.82, 2.24) is 9.97 Å². The maximum absolute atomic E-state index is 15.6. The van der Waals surface area contributed by atoms with Crippen molar-refractivity contribution in [3.05, 3.63) is 235 Å². The summed E-state index contributed by atoms with van der Waals surface area (Å²) in [6, 6.07) is 73.5. The summed E-state index contributed by atoms with van der Waals surface area (Å²) in [5, 5.41) is 5.79. The lowest BCUT2D eigenvalue weighted by atomic mass is 9.65. The molecule has 1 aliphatic carbocycles. The second-order valence-electron chi connectivity index (χ2n) is 16.4. The summed E-state index contributed by atoms with van der Waals surface area (Å²) in [6.45, 7) is 0. The van der Waals surface area contributed by atoms with Crippen molar-refractivity contribution in [2.24, 2.45) is 0 Å². The van der Waals surface area contributed by atoms with Gasteiger partial charge in [0.2, 0.25) is 0 Å². The summed E-state index contributed by atoms with van der Waals surface area (Å²) in [4.78, 5) is 10.9. The third kappa shape index (κ3) is 5.24. The standard InChI is InChI=1S/C57H35N2O2PS/c60-62(40-19-3-1-4-20-40,41-21-5-2-6-22-41)42-23-15-18-39(32-42)56-58-53(55-54(59-56)44-24-9-14-29-52(44)63-55)38-30-31-43-45-33-36-16-7-8-17-37(36)34-49(45)57(48(43)35-38)46-25-10-12-27-50(46)61-51-28-13-11-26-47(51)57/h1-35H. The zero-order chi connectivity index (χ0) is 41.7. The van der Waals surface area contributed by atoms with Crippen molar-refractivity contribution in [3.63, 3.8) is 0 Å². The van der Waals surface area contributed by atoms with Crippen molar-refractivity contribution in [2.45, 2.75) is 5.41 Å². The van der Waals surface area contributed by atoms with Gasteiger partial charge in [-0.25, -0.2) is 9.97 Å². The van der Waals surface area contributed by atoms with E-state index < -0.39 is 12.6 Å². The average Bonchev–Trinajstić information content (AvgIpc) is 3.86. The first-order chi connectivity index (χ1) is 31.1. The zero-order valence-corrected chi connectivity index (χ0v) is 35.5. The van der Waals surface area contributed by atoms with Crippen LogP contribution < -0.4 is 20.7 Å². The molecule has 1 aliphatic heterocycles. The van der Waals surface area contributed by atoms with Crippen LogP contribution in [0.1, 0.15) is 22.3 Å². The molecule has 0 amide bonds. The second kappa shape index (κ2) is 13.8. The first-order valence-electron chi connectivity index (χ1n) is 21.2. The molecule has 0 unspecified atom stereocenters. The van der Waals surface area contributed by atoms with Gasteiger partial charge in [-0.05, 0) is 75.5 Å². The molecule has 2 aromatic heterocycles. The average molecular weight is 843 g/mol. The number of hydrogen-bond donors (Lipinski definition) is 0. The van der Waals surface area contributed by atoms with Crippen LogP contribution in [-0.4, -0.2) is 9.97 Å². The number of thiophene rings is 1. The largest absolute Gasteiger partial charge is 0.457 e. The Balaban J connectivity index is 1.07. The van der Waals surface area contributed by atoms with Crippen LogP contribution in [0.2, 0.25) is 0 Å². The molecule has 296 valence electrons. The Bertz CT molecular complexity index is 3620. The van der Waals surface area contributed by atoms with E-state index in [1.165, 1.54) is 33.0 Å². The maximum Gasteiger partial charge on any atom is 0.171 e. The van der Waals surface area contributed by atoms with Gasteiger partial charge in [-0.15, -0.1) is 11.3 Å². The Kier molecular flexibility index (Phi) is 7.93. The number of fused-ring (bicyclic) bond motifs is 13. The van der Waals surface area contributed by atoms with Gasteiger partial charge in [0.05, 0.1) is 21.3 Å². The SMILES string of the molecule is O=P(c1ccccc1)(c1ccccc1)c1cccc(-c2nc(-c3ccc4c(c3)C3(c5ccccc5Oc5ccccc53)c3cc5ccccc5cc3-4)c3sc4ccccc4c3n2)c1. The Hall–Kier alpha value is -7.43. The topological polar surface area (TPSA) is 52.1 Å². The van der Waals surface area contributed by atoms with E-state index in [-0.39, 0.29) is 0 Å². The minimum absolute atomic E-state index is 0.585. The van der Waals surface area contributed by atoms with Crippen LogP contribution in [0.3, 0.4) is 0 Å². The molecular weight excluding hydrogens is 808 g/mol. The third-order valence-electron chi connectivity index (χ3n) is 13.0. The number of hydrogen-bond acceptors (Lipinski definition) is 5. The molecule has 11 aromatic rings. The molecule has 0 bridgehead atoms. The summed E-state index contributed by atoms with van der Waals surface area (Å²) >= 11 is 1.73. The number of rotatable bonds is 5. The molecule has 0 N–H and O–H groups in total.